The van der Waals surface area contributed by atoms with Crippen molar-refractivity contribution < 1.29 is 9.84 Å². The zero-order valence-electron chi connectivity index (χ0n) is 23.0. The summed E-state index contributed by atoms with van der Waals surface area (Å²) in [6.07, 6.45) is 13.9. The third kappa shape index (κ3) is 3.64. The highest BCUT2D eigenvalue weighted by molar-refractivity contribution is 5.32. The molecule has 4 rings (SSSR count). The lowest BCUT2D eigenvalue weighted by Gasteiger charge is -2.64. The van der Waals surface area contributed by atoms with Crippen molar-refractivity contribution in [2.75, 3.05) is 7.11 Å². The van der Waals surface area contributed by atoms with Gasteiger partial charge in [0.15, 0.2) is 0 Å². The third-order valence-electron chi connectivity index (χ3n) is 12.3. The van der Waals surface area contributed by atoms with Crippen molar-refractivity contribution in [2.45, 2.75) is 118 Å². The quantitative estimate of drug-likeness (QED) is 0.411. The standard InChI is InChI=1S/C31H52O2/c1-20(2)25(32)12-10-21(3)22-14-18-31(8)24-11-13-26-28(4,5)27(33-9)16-17-29(26,6)23(24)15-19-30(22,31)7/h15,21-22,24-27,32H,1,10-14,16-19H2,2-9H3/t21-,22-,24-,25+,26+,27+,29-,30-,31+/m1/s1. The maximum absolute atomic E-state index is 10.3. The predicted octanol–water partition coefficient (Wildman–Crippen LogP) is 7.96. The molecular formula is C31H52O2. The van der Waals surface area contributed by atoms with Gasteiger partial charge in [0, 0.05) is 7.11 Å². The molecule has 33 heavy (non-hydrogen) atoms. The molecule has 4 aliphatic carbocycles. The zero-order chi connectivity index (χ0) is 24.4. The second kappa shape index (κ2) is 8.51. The van der Waals surface area contributed by atoms with Crippen molar-refractivity contribution in [3.8, 4) is 0 Å². The Bertz CT molecular complexity index is 795. The first-order valence-electron chi connectivity index (χ1n) is 13.9. The highest BCUT2D eigenvalue weighted by Gasteiger charge is 2.65. The smallest absolute Gasteiger partial charge is 0.0744 e. The summed E-state index contributed by atoms with van der Waals surface area (Å²) in [5.74, 6) is 2.87. The summed E-state index contributed by atoms with van der Waals surface area (Å²) >= 11 is 0. The van der Waals surface area contributed by atoms with Crippen molar-refractivity contribution in [1.82, 2.24) is 0 Å². The zero-order valence-corrected chi connectivity index (χ0v) is 23.0. The van der Waals surface area contributed by atoms with Crippen LogP contribution in [-0.4, -0.2) is 24.4 Å². The maximum Gasteiger partial charge on any atom is 0.0744 e. The van der Waals surface area contributed by atoms with E-state index in [0.29, 0.717) is 28.3 Å². The number of hydrogen-bond acceptors (Lipinski definition) is 2. The van der Waals surface area contributed by atoms with E-state index in [2.05, 4.69) is 54.2 Å². The van der Waals surface area contributed by atoms with E-state index in [1.165, 1.54) is 44.9 Å². The van der Waals surface area contributed by atoms with Crippen molar-refractivity contribution >= 4 is 0 Å². The summed E-state index contributed by atoms with van der Waals surface area (Å²) in [5.41, 5.74) is 4.09. The number of hydrogen-bond donors (Lipinski definition) is 1. The van der Waals surface area contributed by atoms with Crippen molar-refractivity contribution in [1.29, 1.82) is 0 Å². The van der Waals surface area contributed by atoms with Gasteiger partial charge in [-0.25, -0.2) is 0 Å². The van der Waals surface area contributed by atoms with E-state index in [1.54, 1.807) is 0 Å². The fraction of sp³-hybridized carbons (Fsp3) is 0.871. The van der Waals surface area contributed by atoms with Crippen LogP contribution in [0, 0.1) is 45.3 Å². The Hall–Kier alpha value is -0.600. The lowest BCUT2D eigenvalue weighted by molar-refractivity contribution is -0.130. The molecule has 2 heteroatoms. The average molecular weight is 457 g/mol. The molecule has 0 aromatic heterocycles. The molecule has 0 aromatic carbocycles. The van der Waals surface area contributed by atoms with Gasteiger partial charge < -0.3 is 9.84 Å². The van der Waals surface area contributed by atoms with E-state index < -0.39 is 0 Å². The van der Waals surface area contributed by atoms with Gasteiger partial charge in [0.05, 0.1) is 12.2 Å². The van der Waals surface area contributed by atoms with Gasteiger partial charge in [0.2, 0.25) is 0 Å². The van der Waals surface area contributed by atoms with Crippen molar-refractivity contribution in [3.63, 3.8) is 0 Å². The summed E-state index contributed by atoms with van der Waals surface area (Å²) < 4.78 is 5.99. The molecule has 9 atom stereocenters. The lowest BCUT2D eigenvalue weighted by Crippen LogP contribution is -2.58. The molecule has 0 heterocycles. The number of aliphatic hydroxyl groups excluding tert-OH is 1. The van der Waals surface area contributed by atoms with Crippen LogP contribution in [0.3, 0.4) is 0 Å². The molecule has 0 amide bonds. The van der Waals surface area contributed by atoms with Crippen LogP contribution in [0.15, 0.2) is 23.8 Å². The maximum atomic E-state index is 10.3. The monoisotopic (exact) mass is 456 g/mol. The summed E-state index contributed by atoms with van der Waals surface area (Å²) in [6, 6.07) is 0. The number of methoxy groups -OCH3 is 1. The number of fused-ring (bicyclic) bond motifs is 5. The Morgan fingerprint density at radius 1 is 1.06 bits per heavy atom. The van der Waals surface area contributed by atoms with E-state index in [4.69, 9.17) is 4.74 Å². The van der Waals surface area contributed by atoms with Crippen molar-refractivity contribution in [2.24, 2.45) is 45.3 Å². The highest BCUT2D eigenvalue weighted by Crippen LogP contribution is 2.73. The van der Waals surface area contributed by atoms with Gasteiger partial charge in [-0.05, 0) is 110 Å². The van der Waals surface area contributed by atoms with E-state index in [-0.39, 0.29) is 11.5 Å². The van der Waals surface area contributed by atoms with Crippen LogP contribution < -0.4 is 0 Å². The minimum atomic E-state index is -0.341. The first-order chi connectivity index (χ1) is 15.3. The third-order valence-corrected chi connectivity index (χ3v) is 12.3. The lowest BCUT2D eigenvalue weighted by atomic mass is 9.41. The Morgan fingerprint density at radius 3 is 2.39 bits per heavy atom. The first kappa shape index (κ1) is 25.5. The number of aliphatic hydroxyl groups is 1. The molecule has 4 aliphatic rings. The summed E-state index contributed by atoms with van der Waals surface area (Å²) in [6.45, 7) is 21.2. The largest absolute Gasteiger partial charge is 0.389 e. The van der Waals surface area contributed by atoms with Crippen LogP contribution in [0.1, 0.15) is 106 Å². The normalized spacial score (nSPS) is 45.9. The van der Waals surface area contributed by atoms with Crippen molar-refractivity contribution in [3.05, 3.63) is 23.8 Å². The Labute approximate surface area is 204 Å². The van der Waals surface area contributed by atoms with Gasteiger partial charge in [-0.1, -0.05) is 65.3 Å². The first-order valence-corrected chi connectivity index (χ1v) is 13.9. The molecule has 0 spiro atoms. The fourth-order valence-corrected chi connectivity index (χ4v) is 9.95. The minimum Gasteiger partial charge on any atom is -0.389 e. The summed E-state index contributed by atoms with van der Waals surface area (Å²) in [4.78, 5) is 0. The average Bonchev–Trinajstić information content (AvgIpc) is 3.03. The molecule has 0 aliphatic heterocycles. The fourth-order valence-electron chi connectivity index (χ4n) is 9.95. The van der Waals surface area contributed by atoms with Gasteiger partial charge in [0.25, 0.3) is 0 Å². The second-order valence-corrected chi connectivity index (χ2v) is 13.9. The van der Waals surface area contributed by atoms with E-state index in [1.807, 2.05) is 19.6 Å². The van der Waals surface area contributed by atoms with Crippen LogP contribution >= 0.6 is 0 Å². The van der Waals surface area contributed by atoms with Crippen LogP contribution in [0.25, 0.3) is 0 Å². The molecule has 3 saturated carbocycles. The molecule has 0 radical (unpaired) electrons. The van der Waals surface area contributed by atoms with Gasteiger partial charge in [-0.2, -0.15) is 0 Å². The molecule has 1 N–H and O–H groups in total. The van der Waals surface area contributed by atoms with Gasteiger partial charge >= 0.3 is 0 Å². The molecule has 188 valence electrons. The summed E-state index contributed by atoms with van der Waals surface area (Å²) in [7, 11) is 1.92. The van der Waals surface area contributed by atoms with E-state index >= 15 is 0 Å². The molecule has 0 unspecified atom stereocenters. The van der Waals surface area contributed by atoms with Gasteiger partial charge in [-0.3, -0.25) is 0 Å². The summed E-state index contributed by atoms with van der Waals surface area (Å²) in [5, 5.41) is 10.3. The van der Waals surface area contributed by atoms with Crippen LogP contribution in [0.2, 0.25) is 0 Å². The number of ether oxygens (including phenoxy) is 1. The Balaban J connectivity index is 1.60. The predicted molar refractivity (Wildman–Crippen MR) is 139 cm³/mol. The van der Waals surface area contributed by atoms with Crippen LogP contribution in [0.5, 0.6) is 0 Å². The minimum absolute atomic E-state index is 0.242. The second-order valence-electron chi connectivity index (χ2n) is 13.9. The number of allylic oxidation sites excluding steroid dienone is 2. The van der Waals surface area contributed by atoms with Crippen LogP contribution in [-0.2, 0) is 4.74 Å². The van der Waals surface area contributed by atoms with E-state index in [0.717, 1.165) is 36.2 Å². The Kier molecular flexibility index (Phi) is 6.57. The Morgan fingerprint density at radius 2 is 1.76 bits per heavy atom. The topological polar surface area (TPSA) is 29.5 Å². The van der Waals surface area contributed by atoms with E-state index in [9.17, 15) is 5.11 Å². The van der Waals surface area contributed by atoms with Crippen LogP contribution in [0.4, 0.5) is 0 Å². The molecule has 0 saturated heterocycles. The molecule has 0 aromatic rings. The molecule has 2 nitrogen and oxygen atoms in total. The molecule has 3 fully saturated rings. The molecule has 0 bridgehead atoms. The number of rotatable bonds is 6. The SMILES string of the molecule is C=C(C)[C@@H](O)CC[C@@H](C)[C@H]1CC[C@@]2(C)[C@@H]3CC[C@H]4C(C)(C)[C@@H](OC)CC[C@]4(C)C3=CC[C@]12C. The van der Waals surface area contributed by atoms with Gasteiger partial charge in [-0.15, -0.1) is 0 Å². The van der Waals surface area contributed by atoms with Gasteiger partial charge in [0.1, 0.15) is 0 Å². The highest BCUT2D eigenvalue weighted by atomic mass is 16.5. The molecular weight excluding hydrogens is 404 g/mol.